The number of rotatable bonds is 7. The maximum Gasteiger partial charge on any atom is 0.231 e. The average molecular weight is 253 g/mol. The van der Waals surface area contributed by atoms with Crippen molar-refractivity contribution in [1.29, 1.82) is 0 Å². The first-order valence-electron chi connectivity index (χ1n) is 6.05. The van der Waals surface area contributed by atoms with Gasteiger partial charge < -0.3 is 24.6 Å². The van der Waals surface area contributed by atoms with Gasteiger partial charge in [0.05, 0.1) is 6.61 Å². The Morgan fingerprint density at radius 1 is 1.39 bits per heavy atom. The Bertz CT molecular complexity index is 377. The molecule has 0 bridgehead atoms. The zero-order chi connectivity index (χ0) is 12.8. The second-order valence-corrected chi connectivity index (χ2v) is 4.23. The summed E-state index contributed by atoms with van der Waals surface area (Å²) in [6.45, 7) is 1.75. The van der Waals surface area contributed by atoms with Crippen molar-refractivity contribution >= 4 is 0 Å². The van der Waals surface area contributed by atoms with Crippen LogP contribution in [-0.4, -0.2) is 38.3 Å². The molecule has 2 N–H and O–H groups in total. The molecule has 0 radical (unpaired) electrons. The summed E-state index contributed by atoms with van der Waals surface area (Å²) in [5, 5.41) is 12.3. The molecule has 1 aliphatic rings. The van der Waals surface area contributed by atoms with Crippen LogP contribution in [0.3, 0.4) is 0 Å². The van der Waals surface area contributed by atoms with E-state index in [1.165, 1.54) is 0 Å². The number of fused-ring (bicyclic) bond motifs is 1. The Kier molecular flexibility index (Phi) is 4.81. The van der Waals surface area contributed by atoms with Gasteiger partial charge in [-0.3, -0.25) is 0 Å². The first-order chi connectivity index (χ1) is 8.83. The van der Waals surface area contributed by atoms with Crippen molar-refractivity contribution in [3.05, 3.63) is 23.8 Å². The van der Waals surface area contributed by atoms with E-state index in [4.69, 9.17) is 19.3 Å². The minimum absolute atomic E-state index is 0.155. The van der Waals surface area contributed by atoms with Gasteiger partial charge in [-0.1, -0.05) is 6.07 Å². The van der Waals surface area contributed by atoms with Crippen LogP contribution in [0.5, 0.6) is 11.5 Å². The molecule has 1 heterocycles. The van der Waals surface area contributed by atoms with Gasteiger partial charge in [-0.15, -0.1) is 0 Å². The van der Waals surface area contributed by atoms with Crippen molar-refractivity contribution < 1.29 is 19.3 Å². The third-order valence-electron chi connectivity index (χ3n) is 2.88. The summed E-state index contributed by atoms with van der Waals surface area (Å²) in [4.78, 5) is 0. The van der Waals surface area contributed by atoms with E-state index in [0.717, 1.165) is 17.1 Å². The smallest absolute Gasteiger partial charge is 0.231 e. The van der Waals surface area contributed by atoms with Gasteiger partial charge in [0.2, 0.25) is 6.79 Å². The Morgan fingerprint density at radius 3 is 3.00 bits per heavy atom. The molecule has 0 aliphatic carbocycles. The summed E-state index contributed by atoms with van der Waals surface area (Å²) in [5.74, 6) is 1.59. The Labute approximate surface area is 107 Å². The Hall–Kier alpha value is -1.30. The van der Waals surface area contributed by atoms with Gasteiger partial charge in [0, 0.05) is 26.3 Å². The van der Waals surface area contributed by atoms with Crippen molar-refractivity contribution in [2.45, 2.75) is 19.0 Å². The van der Waals surface area contributed by atoms with Crippen LogP contribution < -0.4 is 14.8 Å². The Morgan fingerprint density at radius 2 is 2.22 bits per heavy atom. The fourth-order valence-corrected chi connectivity index (χ4v) is 1.91. The Balaban J connectivity index is 1.88. The van der Waals surface area contributed by atoms with Crippen LogP contribution in [0.15, 0.2) is 18.2 Å². The van der Waals surface area contributed by atoms with Crippen LogP contribution in [0, 0.1) is 0 Å². The van der Waals surface area contributed by atoms with Crippen LogP contribution in [0.2, 0.25) is 0 Å². The van der Waals surface area contributed by atoms with Gasteiger partial charge in [-0.25, -0.2) is 0 Å². The first kappa shape index (κ1) is 13.1. The maximum absolute atomic E-state index is 8.96. The van der Waals surface area contributed by atoms with E-state index in [1.807, 2.05) is 18.2 Å². The first-order valence-corrected chi connectivity index (χ1v) is 6.05. The van der Waals surface area contributed by atoms with E-state index in [1.54, 1.807) is 7.11 Å². The number of hydrogen-bond acceptors (Lipinski definition) is 5. The highest BCUT2D eigenvalue weighted by Crippen LogP contribution is 2.32. The van der Waals surface area contributed by atoms with Crippen LogP contribution in [0.4, 0.5) is 0 Å². The number of hydrogen-bond donors (Lipinski definition) is 2. The predicted molar refractivity (Wildman–Crippen MR) is 66.8 cm³/mol. The minimum atomic E-state index is 0.155. The fraction of sp³-hybridized carbons (Fsp3) is 0.538. The molecule has 2 rings (SSSR count). The average Bonchev–Trinajstić information content (AvgIpc) is 2.84. The molecule has 0 fully saturated rings. The van der Waals surface area contributed by atoms with E-state index in [9.17, 15) is 0 Å². The van der Waals surface area contributed by atoms with Gasteiger partial charge in [0.15, 0.2) is 11.5 Å². The number of aliphatic hydroxyl groups excluding tert-OH is 1. The SMILES string of the molecule is COCC(CCO)NCc1ccc2c(c1)OCO2. The van der Waals surface area contributed by atoms with Gasteiger partial charge in [0.1, 0.15) is 0 Å². The van der Waals surface area contributed by atoms with Crippen molar-refractivity contribution in [3.8, 4) is 11.5 Å². The second-order valence-electron chi connectivity index (χ2n) is 4.23. The lowest BCUT2D eigenvalue weighted by Gasteiger charge is -2.16. The van der Waals surface area contributed by atoms with Crippen molar-refractivity contribution in [1.82, 2.24) is 5.32 Å². The molecule has 1 aromatic carbocycles. The molecule has 0 saturated heterocycles. The van der Waals surface area contributed by atoms with E-state index >= 15 is 0 Å². The summed E-state index contributed by atoms with van der Waals surface area (Å²) in [5.41, 5.74) is 1.12. The van der Waals surface area contributed by atoms with Crippen LogP contribution in [-0.2, 0) is 11.3 Å². The quantitative estimate of drug-likeness (QED) is 0.756. The van der Waals surface area contributed by atoms with E-state index in [0.29, 0.717) is 26.4 Å². The molecule has 100 valence electrons. The van der Waals surface area contributed by atoms with Crippen molar-refractivity contribution in [2.24, 2.45) is 0 Å². The van der Waals surface area contributed by atoms with Crippen molar-refractivity contribution in [3.63, 3.8) is 0 Å². The molecule has 1 aliphatic heterocycles. The molecule has 0 amide bonds. The number of aliphatic hydroxyl groups is 1. The zero-order valence-electron chi connectivity index (χ0n) is 10.5. The monoisotopic (exact) mass is 253 g/mol. The molecule has 1 unspecified atom stereocenters. The van der Waals surface area contributed by atoms with Gasteiger partial charge in [-0.05, 0) is 24.1 Å². The largest absolute Gasteiger partial charge is 0.454 e. The standard InChI is InChI=1S/C13H19NO4/c1-16-8-11(4-5-15)14-7-10-2-3-12-13(6-10)18-9-17-12/h2-3,6,11,14-15H,4-5,7-9H2,1H3. The number of methoxy groups -OCH3 is 1. The summed E-state index contributed by atoms with van der Waals surface area (Å²) >= 11 is 0. The molecule has 5 nitrogen and oxygen atoms in total. The van der Waals surface area contributed by atoms with Crippen LogP contribution >= 0.6 is 0 Å². The predicted octanol–water partition coefficient (Wildman–Crippen LogP) is 0.902. The maximum atomic E-state index is 8.96. The lowest BCUT2D eigenvalue weighted by Crippen LogP contribution is -2.33. The summed E-state index contributed by atoms with van der Waals surface area (Å²) in [7, 11) is 1.66. The topological polar surface area (TPSA) is 60.0 Å². The van der Waals surface area contributed by atoms with Gasteiger partial charge in [-0.2, -0.15) is 0 Å². The zero-order valence-corrected chi connectivity index (χ0v) is 10.5. The summed E-state index contributed by atoms with van der Waals surface area (Å²) in [6, 6.07) is 6.04. The van der Waals surface area contributed by atoms with Crippen molar-refractivity contribution in [2.75, 3.05) is 27.1 Å². The molecule has 5 heteroatoms. The normalized spacial score (nSPS) is 14.8. The highest BCUT2D eigenvalue weighted by molar-refractivity contribution is 5.44. The molecule has 1 aromatic rings. The molecular weight excluding hydrogens is 234 g/mol. The minimum Gasteiger partial charge on any atom is -0.454 e. The highest BCUT2D eigenvalue weighted by atomic mass is 16.7. The van der Waals surface area contributed by atoms with E-state index < -0.39 is 0 Å². The summed E-state index contributed by atoms with van der Waals surface area (Å²) in [6.07, 6.45) is 0.679. The molecule has 0 spiro atoms. The molecule has 0 aromatic heterocycles. The lowest BCUT2D eigenvalue weighted by atomic mass is 10.1. The fourth-order valence-electron chi connectivity index (χ4n) is 1.91. The van der Waals surface area contributed by atoms with E-state index in [-0.39, 0.29) is 12.6 Å². The van der Waals surface area contributed by atoms with Crippen LogP contribution in [0.25, 0.3) is 0 Å². The van der Waals surface area contributed by atoms with Crippen LogP contribution in [0.1, 0.15) is 12.0 Å². The highest BCUT2D eigenvalue weighted by Gasteiger charge is 2.13. The third-order valence-corrected chi connectivity index (χ3v) is 2.88. The number of benzene rings is 1. The molecule has 18 heavy (non-hydrogen) atoms. The molecular formula is C13H19NO4. The lowest BCUT2D eigenvalue weighted by molar-refractivity contribution is 0.148. The van der Waals surface area contributed by atoms with Gasteiger partial charge in [0.25, 0.3) is 0 Å². The third kappa shape index (κ3) is 3.35. The van der Waals surface area contributed by atoms with E-state index in [2.05, 4.69) is 5.32 Å². The summed E-state index contributed by atoms with van der Waals surface area (Å²) < 4.78 is 15.7. The molecule has 1 atom stereocenters. The number of nitrogens with one attached hydrogen (secondary N) is 1. The second kappa shape index (κ2) is 6.58. The number of ether oxygens (including phenoxy) is 3. The molecule has 0 saturated carbocycles. The van der Waals surface area contributed by atoms with Gasteiger partial charge >= 0.3 is 0 Å².